The third-order valence-corrected chi connectivity index (χ3v) is 4.55. The topological polar surface area (TPSA) is 91.3 Å². The molecule has 128 valence electrons. The summed E-state index contributed by atoms with van der Waals surface area (Å²) in [4.78, 5) is 28.2. The second-order valence-electron chi connectivity index (χ2n) is 5.40. The minimum Gasteiger partial charge on any atom is -0.481 e. The minimum absolute atomic E-state index is 0.00894. The van der Waals surface area contributed by atoms with Gasteiger partial charge in [0.25, 0.3) is 0 Å². The summed E-state index contributed by atoms with van der Waals surface area (Å²) in [6.45, 7) is 2.03. The van der Waals surface area contributed by atoms with Gasteiger partial charge in [0.2, 0.25) is 0 Å². The van der Waals surface area contributed by atoms with E-state index in [4.69, 9.17) is 5.11 Å². The molecule has 1 atom stereocenters. The third-order valence-electron chi connectivity index (χ3n) is 3.49. The monoisotopic (exact) mass is 347 g/mol. The maximum Gasteiger partial charge on any atom is 0.321 e. The van der Waals surface area contributed by atoms with Gasteiger partial charge in [-0.05, 0) is 24.8 Å². The highest BCUT2D eigenvalue weighted by atomic mass is 32.1. The van der Waals surface area contributed by atoms with Crippen LogP contribution in [-0.2, 0) is 17.6 Å². The van der Waals surface area contributed by atoms with E-state index in [-0.39, 0.29) is 18.5 Å². The smallest absolute Gasteiger partial charge is 0.321 e. The van der Waals surface area contributed by atoms with E-state index in [1.165, 1.54) is 11.3 Å². The van der Waals surface area contributed by atoms with Gasteiger partial charge < -0.3 is 10.4 Å². The van der Waals surface area contributed by atoms with Crippen LogP contribution in [0.5, 0.6) is 0 Å². The van der Waals surface area contributed by atoms with E-state index >= 15 is 0 Å². The Bertz CT molecular complexity index is 673. The number of carboxylic acid groups (broad SMARTS) is 1. The van der Waals surface area contributed by atoms with E-state index in [1.54, 1.807) is 6.20 Å². The third kappa shape index (κ3) is 6.00. The van der Waals surface area contributed by atoms with Crippen LogP contribution in [0, 0.1) is 0 Å². The molecule has 0 bridgehead atoms. The average Bonchev–Trinajstić information content (AvgIpc) is 3.01. The Balaban J connectivity index is 1.95. The van der Waals surface area contributed by atoms with Crippen molar-refractivity contribution in [2.75, 3.05) is 5.32 Å². The molecule has 0 aliphatic heterocycles. The van der Waals surface area contributed by atoms with E-state index in [0.717, 1.165) is 16.9 Å². The quantitative estimate of drug-likeness (QED) is 0.683. The van der Waals surface area contributed by atoms with Crippen molar-refractivity contribution in [3.8, 4) is 0 Å². The number of rotatable bonds is 8. The van der Waals surface area contributed by atoms with Crippen molar-refractivity contribution in [2.45, 2.75) is 38.6 Å². The molecule has 0 aliphatic rings. The number of nitrogens with one attached hydrogen (secondary N) is 2. The van der Waals surface area contributed by atoms with Gasteiger partial charge in [0.15, 0.2) is 5.13 Å². The van der Waals surface area contributed by atoms with E-state index in [1.807, 2.05) is 37.3 Å². The number of carbonyl (C=O) groups is 2. The Morgan fingerprint density at radius 2 is 2.04 bits per heavy atom. The molecule has 1 aromatic carbocycles. The molecule has 0 fully saturated rings. The number of urea groups is 1. The van der Waals surface area contributed by atoms with Crippen molar-refractivity contribution in [3.05, 3.63) is 47.0 Å². The molecule has 2 aromatic rings. The summed E-state index contributed by atoms with van der Waals surface area (Å²) in [5.41, 5.74) is 1.05. The maximum atomic E-state index is 12.2. The lowest BCUT2D eigenvalue weighted by atomic mass is 10.0. The maximum absolute atomic E-state index is 12.2. The number of aromatic nitrogens is 1. The Labute approximate surface area is 144 Å². The van der Waals surface area contributed by atoms with E-state index < -0.39 is 5.97 Å². The number of thiazole rings is 1. The number of benzene rings is 1. The van der Waals surface area contributed by atoms with Crippen LogP contribution >= 0.6 is 11.3 Å². The summed E-state index contributed by atoms with van der Waals surface area (Å²) < 4.78 is 0. The molecule has 0 radical (unpaired) electrons. The first-order chi connectivity index (χ1) is 11.6. The van der Waals surface area contributed by atoms with Gasteiger partial charge in [-0.15, -0.1) is 11.3 Å². The normalized spacial score (nSPS) is 11.7. The van der Waals surface area contributed by atoms with Crippen LogP contribution in [0.4, 0.5) is 9.93 Å². The highest BCUT2D eigenvalue weighted by Crippen LogP contribution is 2.18. The number of carbonyl (C=O) groups excluding carboxylic acids is 1. The highest BCUT2D eigenvalue weighted by Gasteiger charge is 2.15. The number of amides is 2. The molecule has 2 amide bonds. The summed E-state index contributed by atoms with van der Waals surface area (Å²) in [6, 6.07) is 9.07. The van der Waals surface area contributed by atoms with Crippen LogP contribution in [0.15, 0.2) is 36.5 Å². The van der Waals surface area contributed by atoms with Crippen LogP contribution in [-0.4, -0.2) is 28.1 Å². The molecule has 1 aromatic heterocycles. The minimum atomic E-state index is -0.872. The molecular weight excluding hydrogens is 326 g/mol. The van der Waals surface area contributed by atoms with Crippen molar-refractivity contribution >= 4 is 28.5 Å². The van der Waals surface area contributed by atoms with E-state index in [2.05, 4.69) is 15.6 Å². The molecule has 2 rings (SSSR count). The van der Waals surface area contributed by atoms with E-state index in [0.29, 0.717) is 18.0 Å². The predicted molar refractivity (Wildman–Crippen MR) is 94.5 cm³/mol. The number of nitrogens with zero attached hydrogens (tertiary/aromatic N) is 1. The first-order valence-electron chi connectivity index (χ1n) is 7.84. The molecule has 0 aliphatic carbocycles. The fraction of sp³-hybridized carbons (Fsp3) is 0.353. The molecule has 1 heterocycles. The van der Waals surface area contributed by atoms with Crippen molar-refractivity contribution < 1.29 is 14.7 Å². The standard InChI is InChI=1S/C17H21N3O3S/c1-2-14-11-18-17(24-14)20-16(23)19-13(8-9-15(21)22)10-12-6-4-3-5-7-12/h3-7,11,13H,2,8-10H2,1H3,(H,21,22)(H2,18,19,20,23). The Kier molecular flexibility index (Phi) is 6.74. The molecule has 24 heavy (non-hydrogen) atoms. The second-order valence-corrected chi connectivity index (χ2v) is 6.52. The first kappa shape index (κ1) is 17.9. The Morgan fingerprint density at radius 1 is 1.29 bits per heavy atom. The number of anilines is 1. The first-order valence-corrected chi connectivity index (χ1v) is 8.66. The van der Waals surface area contributed by atoms with Crippen LogP contribution in [0.25, 0.3) is 0 Å². The van der Waals surface area contributed by atoms with Gasteiger partial charge in [-0.3, -0.25) is 10.1 Å². The summed E-state index contributed by atoms with van der Waals surface area (Å²) in [7, 11) is 0. The molecular formula is C17H21N3O3S. The lowest BCUT2D eigenvalue weighted by Crippen LogP contribution is -2.39. The zero-order chi connectivity index (χ0) is 17.4. The van der Waals surface area contributed by atoms with Crippen LogP contribution in [0.1, 0.15) is 30.2 Å². The van der Waals surface area contributed by atoms with Crippen molar-refractivity contribution in [3.63, 3.8) is 0 Å². The Morgan fingerprint density at radius 3 is 2.67 bits per heavy atom. The zero-order valence-electron chi connectivity index (χ0n) is 13.5. The lowest BCUT2D eigenvalue weighted by Gasteiger charge is -2.18. The van der Waals surface area contributed by atoms with Crippen molar-refractivity contribution in [1.29, 1.82) is 0 Å². The number of aliphatic carboxylic acids is 1. The molecule has 0 spiro atoms. The summed E-state index contributed by atoms with van der Waals surface area (Å²) in [6.07, 6.45) is 3.58. The molecule has 0 saturated carbocycles. The zero-order valence-corrected chi connectivity index (χ0v) is 14.3. The second kappa shape index (κ2) is 9.02. The largest absolute Gasteiger partial charge is 0.481 e. The predicted octanol–water partition coefficient (Wildman–Crippen LogP) is 3.30. The molecule has 7 heteroatoms. The Hall–Kier alpha value is -2.41. The number of hydrogen-bond donors (Lipinski definition) is 3. The highest BCUT2D eigenvalue weighted by molar-refractivity contribution is 7.15. The van der Waals surface area contributed by atoms with Crippen LogP contribution in [0.2, 0.25) is 0 Å². The van der Waals surface area contributed by atoms with Crippen LogP contribution in [0.3, 0.4) is 0 Å². The lowest BCUT2D eigenvalue weighted by molar-refractivity contribution is -0.137. The fourth-order valence-corrected chi connectivity index (χ4v) is 3.02. The molecule has 1 unspecified atom stereocenters. The van der Waals surface area contributed by atoms with Gasteiger partial charge >= 0.3 is 12.0 Å². The van der Waals surface area contributed by atoms with Gasteiger partial charge in [-0.1, -0.05) is 37.3 Å². The van der Waals surface area contributed by atoms with Gasteiger partial charge in [0.05, 0.1) is 0 Å². The van der Waals surface area contributed by atoms with Gasteiger partial charge in [-0.2, -0.15) is 0 Å². The summed E-state index contributed by atoms with van der Waals surface area (Å²) in [5, 5.41) is 15.0. The fourth-order valence-electron chi connectivity index (χ4n) is 2.27. The SMILES string of the molecule is CCc1cnc(NC(=O)NC(CCC(=O)O)Cc2ccccc2)s1. The molecule has 3 N–H and O–H groups in total. The van der Waals surface area contributed by atoms with Gasteiger partial charge in [0.1, 0.15) is 0 Å². The summed E-state index contributed by atoms with van der Waals surface area (Å²) in [5.74, 6) is -0.872. The summed E-state index contributed by atoms with van der Waals surface area (Å²) >= 11 is 1.43. The number of carboxylic acids is 1. The van der Waals surface area contributed by atoms with Crippen LogP contribution < -0.4 is 10.6 Å². The molecule has 0 saturated heterocycles. The number of hydrogen-bond acceptors (Lipinski definition) is 4. The van der Waals surface area contributed by atoms with E-state index in [9.17, 15) is 9.59 Å². The van der Waals surface area contributed by atoms with Gasteiger partial charge in [0, 0.05) is 23.5 Å². The average molecular weight is 347 g/mol. The van der Waals surface area contributed by atoms with Crippen molar-refractivity contribution in [1.82, 2.24) is 10.3 Å². The van der Waals surface area contributed by atoms with Gasteiger partial charge in [-0.25, -0.2) is 9.78 Å². The molecule has 6 nitrogen and oxygen atoms in total. The van der Waals surface area contributed by atoms with Crippen molar-refractivity contribution in [2.24, 2.45) is 0 Å². The number of aryl methyl sites for hydroxylation is 1.